The number of carbonyl (C=O) groups excluding carboxylic acids is 1. The fourth-order valence-corrected chi connectivity index (χ4v) is 4.63. The van der Waals surface area contributed by atoms with E-state index in [0.29, 0.717) is 24.6 Å². The molecule has 4 rings (SSSR count). The lowest BCUT2D eigenvalue weighted by molar-refractivity contribution is -0.117. The predicted octanol–water partition coefficient (Wildman–Crippen LogP) is 3.60. The van der Waals surface area contributed by atoms with Crippen LogP contribution in [-0.2, 0) is 21.4 Å². The molecule has 2 aromatic carbocycles. The summed E-state index contributed by atoms with van der Waals surface area (Å²) in [5, 5.41) is 2.02. The fraction of sp³-hybridized carbons (Fsp3) is 0.200. The maximum absolute atomic E-state index is 12.3. The number of amides is 1. The quantitative estimate of drug-likeness (QED) is 0.618. The van der Waals surface area contributed by atoms with Crippen molar-refractivity contribution in [3.8, 4) is 0 Å². The van der Waals surface area contributed by atoms with E-state index in [1.807, 2.05) is 0 Å². The van der Waals surface area contributed by atoms with Gasteiger partial charge >= 0.3 is 0 Å². The molecule has 3 N–H and O–H groups in total. The highest BCUT2D eigenvalue weighted by molar-refractivity contribution is 7.93. The molecule has 30 heavy (non-hydrogen) atoms. The molecular formula is C20H23FN4O3S2. The number of aromatic nitrogens is 1. The van der Waals surface area contributed by atoms with Crippen molar-refractivity contribution in [1.82, 2.24) is 4.98 Å². The van der Waals surface area contributed by atoms with Gasteiger partial charge in [-0.05, 0) is 48.4 Å². The Hall–Kier alpha value is -2.82. The molecule has 1 fully saturated rings. The van der Waals surface area contributed by atoms with Gasteiger partial charge in [0.2, 0.25) is 5.91 Å². The Morgan fingerprint density at radius 2 is 2.00 bits per heavy atom. The van der Waals surface area contributed by atoms with Crippen molar-refractivity contribution in [1.29, 1.82) is 0 Å². The second-order valence-electron chi connectivity index (χ2n) is 6.42. The van der Waals surface area contributed by atoms with Crippen LogP contribution in [-0.4, -0.2) is 25.9 Å². The van der Waals surface area contributed by atoms with E-state index in [0.717, 1.165) is 17.7 Å². The average molecular weight is 451 g/mol. The third kappa shape index (κ3) is 5.62. The molecule has 3 aromatic rings. The number of hydrogen-bond donors (Lipinski definition) is 2. The normalized spacial score (nSPS) is 13.7. The highest BCUT2D eigenvalue weighted by atomic mass is 32.2. The van der Waals surface area contributed by atoms with Gasteiger partial charge < -0.3 is 10.6 Å². The van der Waals surface area contributed by atoms with E-state index in [4.69, 9.17) is 5.73 Å². The monoisotopic (exact) mass is 450 g/mol. The van der Waals surface area contributed by atoms with Gasteiger partial charge in [-0.15, -0.1) is 11.3 Å². The second-order valence-corrected chi connectivity index (χ2v) is 9.00. The van der Waals surface area contributed by atoms with Crippen LogP contribution in [0.15, 0.2) is 65.0 Å². The highest BCUT2D eigenvalue weighted by Gasteiger charge is 2.22. The van der Waals surface area contributed by atoms with Crippen LogP contribution in [0, 0.1) is 5.82 Å². The van der Waals surface area contributed by atoms with Crippen LogP contribution in [0.3, 0.4) is 0 Å². The lowest BCUT2D eigenvalue weighted by Crippen LogP contribution is -2.23. The first-order valence-electron chi connectivity index (χ1n) is 9.16. The first-order valence-corrected chi connectivity index (χ1v) is 11.5. The van der Waals surface area contributed by atoms with Crippen molar-refractivity contribution in [2.24, 2.45) is 5.73 Å². The summed E-state index contributed by atoms with van der Waals surface area (Å²) in [6, 6.07) is 12.6. The number of sulfonamides is 1. The van der Waals surface area contributed by atoms with Crippen molar-refractivity contribution >= 4 is 38.1 Å². The molecule has 1 saturated heterocycles. The van der Waals surface area contributed by atoms with Gasteiger partial charge in [-0.25, -0.2) is 17.8 Å². The van der Waals surface area contributed by atoms with Gasteiger partial charge in [0, 0.05) is 38.2 Å². The lowest BCUT2D eigenvalue weighted by atomic mass is 10.2. The molecule has 0 unspecified atom stereocenters. The number of thiazole rings is 1. The van der Waals surface area contributed by atoms with E-state index in [9.17, 15) is 17.6 Å². The molecular weight excluding hydrogens is 427 g/mol. The molecule has 10 heteroatoms. The zero-order chi connectivity index (χ0) is 21.6. The van der Waals surface area contributed by atoms with E-state index in [1.54, 1.807) is 34.5 Å². The van der Waals surface area contributed by atoms with Crippen LogP contribution in [0.2, 0.25) is 0 Å². The van der Waals surface area contributed by atoms with Crippen molar-refractivity contribution < 1.29 is 19.0 Å². The lowest BCUT2D eigenvalue weighted by Gasteiger charge is -2.16. The molecule has 7 nitrogen and oxygen atoms in total. The number of nitrogens with two attached hydrogens (primary N) is 1. The Balaban J connectivity index is 0.000000289. The van der Waals surface area contributed by atoms with Gasteiger partial charge in [0.05, 0.1) is 4.90 Å². The maximum atomic E-state index is 12.3. The van der Waals surface area contributed by atoms with E-state index >= 15 is 0 Å². The third-order valence-electron chi connectivity index (χ3n) is 4.31. The number of nitrogens with one attached hydrogen (secondary N) is 1. The summed E-state index contributed by atoms with van der Waals surface area (Å²) in [6.07, 6.45) is 2.92. The van der Waals surface area contributed by atoms with Crippen LogP contribution in [0.5, 0.6) is 0 Å². The van der Waals surface area contributed by atoms with Crippen LogP contribution < -0.4 is 15.4 Å². The van der Waals surface area contributed by atoms with E-state index in [-0.39, 0.29) is 18.0 Å². The zero-order valence-corrected chi connectivity index (χ0v) is 17.6. The van der Waals surface area contributed by atoms with E-state index in [2.05, 4.69) is 9.71 Å². The summed E-state index contributed by atoms with van der Waals surface area (Å²) in [7, 11) is -3.64. The van der Waals surface area contributed by atoms with Crippen molar-refractivity contribution in [2.45, 2.75) is 24.3 Å². The minimum absolute atomic E-state index is 0. The largest absolute Gasteiger partial charge is 0.326 e. The summed E-state index contributed by atoms with van der Waals surface area (Å²) >= 11 is 1.21. The summed E-state index contributed by atoms with van der Waals surface area (Å²) in [6.45, 7) is 1.08. The zero-order valence-electron chi connectivity index (χ0n) is 16.0. The van der Waals surface area contributed by atoms with Gasteiger partial charge in [0.25, 0.3) is 10.0 Å². The van der Waals surface area contributed by atoms with Crippen molar-refractivity contribution in [2.75, 3.05) is 16.2 Å². The number of anilines is 2. The molecule has 2 heterocycles. The Bertz CT molecular complexity index is 1090. The molecule has 1 aromatic heterocycles. The van der Waals surface area contributed by atoms with E-state index in [1.165, 1.54) is 41.8 Å². The maximum Gasteiger partial charge on any atom is 0.263 e. The predicted molar refractivity (Wildman–Crippen MR) is 117 cm³/mol. The van der Waals surface area contributed by atoms with Gasteiger partial charge in [0.1, 0.15) is 5.82 Å². The Morgan fingerprint density at radius 1 is 1.23 bits per heavy atom. The average Bonchev–Trinajstić information content (AvgIpc) is 3.40. The van der Waals surface area contributed by atoms with Crippen molar-refractivity contribution in [3.63, 3.8) is 0 Å². The minimum atomic E-state index is -3.64. The number of halogens is 1. The van der Waals surface area contributed by atoms with Gasteiger partial charge in [-0.1, -0.05) is 12.1 Å². The summed E-state index contributed by atoms with van der Waals surface area (Å²) in [5.41, 5.74) is 6.81. The summed E-state index contributed by atoms with van der Waals surface area (Å²) in [5.74, 6) is -0.149. The number of benzene rings is 2. The highest BCUT2D eigenvalue weighted by Crippen LogP contribution is 2.24. The van der Waals surface area contributed by atoms with Crippen molar-refractivity contribution in [3.05, 3.63) is 71.5 Å². The Kier molecular flexibility index (Phi) is 7.14. The summed E-state index contributed by atoms with van der Waals surface area (Å²) in [4.78, 5) is 17.4. The van der Waals surface area contributed by atoms with Crippen LogP contribution >= 0.6 is 11.3 Å². The Labute approximate surface area is 179 Å². The smallest absolute Gasteiger partial charge is 0.263 e. The number of nitrogens with zero attached hydrogens (tertiary/aromatic N) is 2. The fourth-order valence-electron chi connectivity index (χ4n) is 2.84. The topological polar surface area (TPSA) is 105 Å². The summed E-state index contributed by atoms with van der Waals surface area (Å²) < 4.78 is 39.1. The first kappa shape index (κ1) is 21.9. The molecule has 0 radical (unpaired) electrons. The molecule has 0 atom stereocenters. The van der Waals surface area contributed by atoms with Crippen LogP contribution in [0.25, 0.3) is 0 Å². The number of carbonyl (C=O) groups is 1. The number of rotatable bonds is 5. The van der Waals surface area contributed by atoms with Crippen LogP contribution in [0.4, 0.5) is 15.2 Å². The molecule has 0 saturated carbocycles. The van der Waals surface area contributed by atoms with Crippen LogP contribution in [0.1, 0.15) is 19.8 Å². The SMILES string of the molecule is NCc1cccc(F)c1.O=C1CCCN1c1ccc(S(=O)(=O)Nc2nccs2)cc1.[HH]. The number of hydrogen-bond acceptors (Lipinski definition) is 6. The standard InChI is InChI=1S/C13H13N3O3S2.C7H8FN.H2/c17-12-2-1-8-16(12)10-3-5-11(6-4-10)21(18,19)15-13-14-7-9-20-13;8-7-3-1-2-6(4-7)5-9;/h3-7,9H,1-2,8H2,(H,14,15);1-4H,5,9H2;1H. The Morgan fingerprint density at radius 3 is 2.53 bits per heavy atom. The molecule has 0 aliphatic carbocycles. The van der Waals surface area contributed by atoms with Gasteiger partial charge in [-0.2, -0.15) is 0 Å². The van der Waals surface area contributed by atoms with Gasteiger partial charge in [-0.3, -0.25) is 9.52 Å². The first-order chi connectivity index (χ1) is 14.4. The molecule has 1 aliphatic heterocycles. The molecule has 0 bridgehead atoms. The molecule has 1 aliphatic rings. The molecule has 160 valence electrons. The third-order valence-corrected chi connectivity index (χ3v) is 6.48. The van der Waals surface area contributed by atoms with Gasteiger partial charge in [0.15, 0.2) is 5.13 Å². The van der Waals surface area contributed by atoms with E-state index < -0.39 is 10.0 Å². The molecule has 1 amide bonds. The second kappa shape index (κ2) is 9.79. The molecule has 0 spiro atoms. The minimum Gasteiger partial charge on any atom is -0.326 e.